The number of hydrogen-bond acceptors (Lipinski definition) is 7. The molecule has 8 nitrogen and oxygen atoms in total. The fraction of sp³-hybridized carbons (Fsp3) is 0.200. The van der Waals surface area contributed by atoms with Gasteiger partial charge in [0.2, 0.25) is 5.17 Å². The number of thioether (sulfide) groups is 1. The molecular weight excluding hydrogens is 548 g/mol. The van der Waals surface area contributed by atoms with Crippen molar-refractivity contribution in [3.05, 3.63) is 94.0 Å². The van der Waals surface area contributed by atoms with Crippen molar-refractivity contribution in [2.24, 2.45) is 10.1 Å². The highest BCUT2D eigenvalue weighted by Crippen LogP contribution is 2.38. The van der Waals surface area contributed by atoms with Crippen molar-refractivity contribution in [3.63, 3.8) is 0 Å². The smallest absolute Gasteiger partial charge is 0.283 e. The minimum absolute atomic E-state index is 0.0479. The van der Waals surface area contributed by atoms with Crippen LogP contribution in [-0.2, 0) is 11.2 Å². The molecule has 0 radical (unpaired) electrons. The van der Waals surface area contributed by atoms with Gasteiger partial charge >= 0.3 is 0 Å². The van der Waals surface area contributed by atoms with E-state index in [1.807, 2.05) is 68.4 Å². The highest BCUT2D eigenvalue weighted by atomic mass is 35.5. The van der Waals surface area contributed by atoms with Crippen LogP contribution in [0.4, 0.5) is 0 Å². The van der Waals surface area contributed by atoms with E-state index in [4.69, 9.17) is 31.2 Å². The van der Waals surface area contributed by atoms with Gasteiger partial charge in [0.15, 0.2) is 17.3 Å². The molecule has 2 heterocycles. The molecule has 0 bridgehead atoms. The van der Waals surface area contributed by atoms with Crippen molar-refractivity contribution in [1.29, 1.82) is 5.41 Å². The predicted molar refractivity (Wildman–Crippen MR) is 160 cm³/mol. The van der Waals surface area contributed by atoms with E-state index in [0.717, 1.165) is 21.9 Å². The summed E-state index contributed by atoms with van der Waals surface area (Å²) in [6.45, 7) is 4.84. The lowest BCUT2D eigenvalue weighted by molar-refractivity contribution is -0.114. The zero-order valence-corrected chi connectivity index (χ0v) is 23.6. The Morgan fingerprint density at radius 3 is 2.52 bits per heavy atom. The maximum atomic E-state index is 12.9. The number of amidine groups is 2. The number of hydrazone groups is 1. The molecule has 0 saturated heterocycles. The van der Waals surface area contributed by atoms with Gasteiger partial charge in [-0.2, -0.15) is 15.1 Å². The Morgan fingerprint density at radius 2 is 1.77 bits per heavy atom. The van der Waals surface area contributed by atoms with Crippen LogP contribution >= 0.6 is 23.4 Å². The molecule has 0 aromatic heterocycles. The van der Waals surface area contributed by atoms with Crippen molar-refractivity contribution in [1.82, 2.24) is 5.01 Å². The van der Waals surface area contributed by atoms with Gasteiger partial charge < -0.3 is 14.2 Å². The van der Waals surface area contributed by atoms with E-state index in [2.05, 4.69) is 10.1 Å². The number of aryl methyl sites for hydroxylation is 1. The zero-order chi connectivity index (χ0) is 28.1. The van der Waals surface area contributed by atoms with Crippen molar-refractivity contribution < 1.29 is 19.0 Å². The Labute approximate surface area is 241 Å². The maximum Gasteiger partial charge on any atom is 0.283 e. The van der Waals surface area contributed by atoms with Gasteiger partial charge in [-0.1, -0.05) is 59.6 Å². The van der Waals surface area contributed by atoms with Crippen LogP contribution in [0.15, 0.2) is 82.4 Å². The molecule has 3 aromatic carbocycles. The lowest BCUT2D eigenvalue weighted by Gasteiger charge is -2.20. The molecule has 0 unspecified atom stereocenters. The van der Waals surface area contributed by atoms with Gasteiger partial charge in [0.25, 0.3) is 5.91 Å². The first kappa shape index (κ1) is 27.5. The first-order valence-corrected chi connectivity index (χ1v) is 13.9. The lowest BCUT2D eigenvalue weighted by atomic mass is 10.1. The van der Waals surface area contributed by atoms with Crippen LogP contribution < -0.4 is 14.2 Å². The third kappa shape index (κ3) is 6.38. The zero-order valence-electron chi connectivity index (χ0n) is 22.0. The van der Waals surface area contributed by atoms with Crippen LogP contribution in [0, 0.1) is 12.3 Å². The van der Waals surface area contributed by atoms with Crippen molar-refractivity contribution in [3.8, 4) is 17.2 Å². The number of carbonyl (C=O) groups is 1. The molecule has 0 fully saturated rings. The molecule has 0 aliphatic carbocycles. The Morgan fingerprint density at radius 1 is 1.02 bits per heavy atom. The van der Waals surface area contributed by atoms with Crippen LogP contribution in [0.25, 0.3) is 6.08 Å². The largest absolute Gasteiger partial charge is 0.490 e. The van der Waals surface area contributed by atoms with Gasteiger partial charge in [-0.15, -0.1) is 0 Å². The summed E-state index contributed by atoms with van der Waals surface area (Å²) in [4.78, 5) is 17.1. The van der Waals surface area contributed by atoms with Gasteiger partial charge in [0.05, 0.1) is 17.2 Å². The minimum atomic E-state index is -0.512. The number of aliphatic imine (C=N–C) groups is 1. The third-order valence-electron chi connectivity index (χ3n) is 5.96. The van der Waals surface area contributed by atoms with Crippen LogP contribution in [0.3, 0.4) is 0 Å². The van der Waals surface area contributed by atoms with E-state index in [9.17, 15) is 4.79 Å². The van der Waals surface area contributed by atoms with Gasteiger partial charge in [-0.25, -0.2) is 0 Å². The van der Waals surface area contributed by atoms with Crippen molar-refractivity contribution in [2.75, 3.05) is 19.8 Å². The minimum Gasteiger partial charge on any atom is -0.490 e. The van der Waals surface area contributed by atoms with Crippen LogP contribution in [0.2, 0.25) is 5.02 Å². The molecule has 5 rings (SSSR count). The number of amides is 1. The molecule has 10 heteroatoms. The Kier molecular flexibility index (Phi) is 8.52. The summed E-state index contributed by atoms with van der Waals surface area (Å²) in [5.41, 5.74) is 2.92. The molecule has 2 aliphatic heterocycles. The highest BCUT2D eigenvalue weighted by molar-refractivity contribution is 8.26. The second kappa shape index (κ2) is 12.4. The Bertz CT molecular complexity index is 1520. The second-order valence-corrected chi connectivity index (χ2v) is 10.4. The summed E-state index contributed by atoms with van der Waals surface area (Å²) >= 11 is 7.88. The predicted octanol–water partition coefficient (Wildman–Crippen LogP) is 6.37. The Hall–Kier alpha value is -4.08. The third-order valence-corrected chi connectivity index (χ3v) is 7.15. The van der Waals surface area contributed by atoms with Crippen LogP contribution in [0.5, 0.6) is 17.2 Å². The van der Waals surface area contributed by atoms with E-state index >= 15 is 0 Å². The SMILES string of the molecule is CCOc1cc(/C=C2/C(=N)N3N=C(Cc4ccccc4)SC3=NC2=O)cc(Cl)c1OCCOc1ccc(C)cc1. The highest BCUT2D eigenvalue weighted by Gasteiger charge is 2.35. The van der Waals surface area contributed by atoms with E-state index in [1.54, 1.807) is 18.2 Å². The number of ether oxygens (including phenoxy) is 3. The quantitative estimate of drug-likeness (QED) is 0.223. The first-order chi connectivity index (χ1) is 19.4. The molecule has 1 N–H and O–H groups in total. The van der Waals surface area contributed by atoms with E-state index < -0.39 is 5.91 Å². The lowest BCUT2D eigenvalue weighted by Crippen LogP contribution is -2.35. The number of carbonyl (C=O) groups excluding carboxylic acids is 1. The van der Waals surface area contributed by atoms with Crippen LogP contribution in [0.1, 0.15) is 23.6 Å². The second-order valence-electron chi connectivity index (χ2n) is 8.95. The van der Waals surface area contributed by atoms with Crippen LogP contribution in [-0.4, -0.2) is 46.8 Å². The molecule has 40 heavy (non-hydrogen) atoms. The number of rotatable bonds is 10. The molecule has 1 amide bonds. The summed E-state index contributed by atoms with van der Waals surface area (Å²) in [6.07, 6.45) is 2.16. The van der Waals surface area contributed by atoms with Gasteiger partial charge in [0, 0.05) is 6.42 Å². The van der Waals surface area contributed by atoms with Gasteiger partial charge in [-0.05, 0) is 67.1 Å². The first-order valence-electron chi connectivity index (χ1n) is 12.7. The Balaban J connectivity index is 1.31. The number of halogens is 1. The molecule has 0 atom stereocenters. The van der Waals surface area contributed by atoms with E-state index in [1.165, 1.54) is 16.8 Å². The summed E-state index contributed by atoms with van der Waals surface area (Å²) in [6, 6.07) is 21.1. The molecule has 2 aliphatic rings. The normalized spacial score (nSPS) is 15.6. The summed E-state index contributed by atoms with van der Waals surface area (Å²) < 4.78 is 17.4. The number of benzene rings is 3. The number of hydrogen-bond donors (Lipinski definition) is 1. The molecule has 0 spiro atoms. The average molecular weight is 575 g/mol. The van der Waals surface area contributed by atoms with Crippen molar-refractivity contribution in [2.45, 2.75) is 20.3 Å². The van der Waals surface area contributed by atoms with Gasteiger partial charge in [-0.3, -0.25) is 10.2 Å². The number of nitrogens with one attached hydrogen (secondary N) is 1. The maximum absolute atomic E-state index is 12.9. The topological polar surface area (TPSA) is 96.6 Å². The summed E-state index contributed by atoms with van der Waals surface area (Å²) in [5.74, 6) is 1.01. The van der Waals surface area contributed by atoms with Crippen molar-refractivity contribution >= 4 is 51.4 Å². The molecular formula is C30H27ClN4O4S. The summed E-state index contributed by atoms with van der Waals surface area (Å²) in [5, 5.41) is 16.1. The van der Waals surface area contributed by atoms with Gasteiger partial charge in [0.1, 0.15) is 24.0 Å². The fourth-order valence-corrected chi connectivity index (χ4v) is 5.25. The monoisotopic (exact) mass is 574 g/mol. The molecule has 204 valence electrons. The standard InChI is InChI=1S/C30H27ClN4O4S/c1-3-37-25-17-21(16-24(31)27(25)39-14-13-38-22-11-9-19(2)10-12-22)15-23-28(32)35-30(33-29(23)36)40-26(34-35)18-20-7-5-4-6-8-20/h4-12,15-17,32H,3,13-14,18H2,1-2H3/b23-15-,32-28?. The van der Waals surface area contributed by atoms with E-state index in [0.29, 0.717) is 46.9 Å². The average Bonchev–Trinajstić information content (AvgIpc) is 3.34. The fourth-order valence-electron chi connectivity index (χ4n) is 4.05. The molecule has 0 saturated carbocycles. The number of nitrogens with zero attached hydrogens (tertiary/aromatic N) is 3. The number of fused-ring (bicyclic) bond motifs is 1. The summed E-state index contributed by atoms with van der Waals surface area (Å²) in [7, 11) is 0. The van der Waals surface area contributed by atoms with E-state index in [-0.39, 0.29) is 18.0 Å². The molecule has 3 aromatic rings.